The molecule has 65 heavy (non-hydrogen) atoms. The summed E-state index contributed by atoms with van der Waals surface area (Å²) in [7, 11) is 0. The Kier molecular flexibility index (Phi) is 8.53. The number of aromatic nitrogens is 4. The molecule has 0 amide bonds. The molecule has 2 aliphatic carbocycles. The fourth-order valence-corrected chi connectivity index (χ4v) is 11.7. The molecule has 0 saturated carbocycles. The maximum Gasteiger partial charge on any atom is 0.165 e. The predicted molar refractivity (Wildman–Crippen MR) is 272 cm³/mol. The van der Waals surface area contributed by atoms with Gasteiger partial charge in [0.05, 0.1) is 11.0 Å². The van der Waals surface area contributed by atoms with Gasteiger partial charge in [0, 0.05) is 53.2 Å². The minimum absolute atomic E-state index is 0.0942. The molecule has 4 nitrogen and oxygen atoms in total. The zero-order chi connectivity index (χ0) is 43.2. The third kappa shape index (κ3) is 6.07. The van der Waals surface area contributed by atoms with Crippen molar-refractivity contribution in [2.75, 3.05) is 0 Å². The standard InChI is InChI=1S/C60H42N4S/c1-60(2)51-27-14-12-25-44(51)47-35-48-45-30-29-41(34-53(45)64(54(48)36-52(47)60)43-23-10-5-11-24-43)39-21-16-22-40(31-39)42-32-49-46-26-13-15-28-55(46)65-56(49)50(33-42)59-62-57(37-17-6-3-7-18-37)61-58(63-59)38-19-8-4-9-20-38/h3-12,14,16-36H,13,15H2,1-2H3. The van der Waals surface area contributed by atoms with Crippen molar-refractivity contribution >= 4 is 55.4 Å². The van der Waals surface area contributed by atoms with E-state index < -0.39 is 0 Å². The lowest BCUT2D eigenvalue weighted by Gasteiger charge is -2.21. The highest BCUT2D eigenvalue weighted by Crippen LogP contribution is 2.51. The number of hydrogen-bond donors (Lipinski definition) is 0. The highest BCUT2D eigenvalue weighted by molar-refractivity contribution is 7.17. The van der Waals surface area contributed by atoms with E-state index in [1.165, 1.54) is 75.0 Å². The minimum atomic E-state index is -0.0942. The summed E-state index contributed by atoms with van der Waals surface area (Å²) in [4.78, 5) is 15.5. The number of para-hydroxylation sites is 1. The zero-order valence-corrected chi connectivity index (χ0v) is 36.9. The maximum atomic E-state index is 5.24. The van der Waals surface area contributed by atoms with Gasteiger partial charge in [-0.25, -0.2) is 15.0 Å². The lowest BCUT2D eigenvalue weighted by atomic mass is 9.82. The van der Waals surface area contributed by atoms with Crippen LogP contribution < -0.4 is 9.75 Å². The summed E-state index contributed by atoms with van der Waals surface area (Å²) in [5.74, 6) is 2.00. The number of fused-ring (bicyclic) bond motifs is 9. The summed E-state index contributed by atoms with van der Waals surface area (Å²) in [6, 6.07) is 65.9. The van der Waals surface area contributed by atoms with Crippen LogP contribution in [0.3, 0.4) is 0 Å². The lowest BCUT2D eigenvalue weighted by Crippen LogP contribution is -2.20. The Labute approximate surface area is 381 Å². The van der Waals surface area contributed by atoms with E-state index in [9.17, 15) is 0 Å². The first-order valence-corrected chi connectivity index (χ1v) is 23.3. The Morgan fingerprint density at radius 1 is 0.431 bits per heavy atom. The Bertz CT molecular complexity index is 3790. The molecule has 308 valence electrons. The van der Waals surface area contributed by atoms with Gasteiger partial charge in [0.15, 0.2) is 17.5 Å². The molecule has 5 heteroatoms. The van der Waals surface area contributed by atoms with Crippen molar-refractivity contribution in [3.8, 4) is 73.2 Å². The van der Waals surface area contributed by atoms with Crippen LogP contribution in [-0.4, -0.2) is 19.5 Å². The molecule has 0 spiro atoms. The highest BCUT2D eigenvalue weighted by atomic mass is 32.1. The fourth-order valence-electron chi connectivity index (χ4n) is 10.4. The quantitative estimate of drug-likeness (QED) is 0.167. The molecule has 0 fully saturated rings. The Balaban J connectivity index is 0.994. The van der Waals surface area contributed by atoms with E-state index in [4.69, 9.17) is 15.0 Å². The number of nitrogens with zero attached hydrogens (tertiary/aromatic N) is 4. The van der Waals surface area contributed by atoms with Crippen molar-refractivity contribution < 1.29 is 0 Å². The van der Waals surface area contributed by atoms with E-state index in [1.54, 1.807) is 0 Å². The van der Waals surface area contributed by atoms with Gasteiger partial charge in [-0.15, -0.1) is 11.3 Å². The van der Waals surface area contributed by atoms with Gasteiger partial charge in [0.2, 0.25) is 0 Å². The molecule has 0 N–H and O–H groups in total. The number of benzene rings is 8. The van der Waals surface area contributed by atoms with Crippen molar-refractivity contribution in [3.05, 3.63) is 203 Å². The van der Waals surface area contributed by atoms with Crippen molar-refractivity contribution in [1.82, 2.24) is 19.5 Å². The van der Waals surface area contributed by atoms with Crippen LogP contribution in [0.4, 0.5) is 0 Å². The van der Waals surface area contributed by atoms with Crippen LogP contribution in [0.1, 0.15) is 37.8 Å². The zero-order valence-electron chi connectivity index (χ0n) is 36.1. The summed E-state index contributed by atoms with van der Waals surface area (Å²) in [5.41, 5.74) is 16.5. The van der Waals surface area contributed by atoms with E-state index in [-0.39, 0.29) is 5.41 Å². The molecule has 2 aliphatic rings. The van der Waals surface area contributed by atoms with Gasteiger partial charge in [0.1, 0.15) is 0 Å². The Hall–Kier alpha value is -7.73. The fraction of sp³-hybridized carbons (Fsp3) is 0.0833. The highest BCUT2D eigenvalue weighted by Gasteiger charge is 2.36. The summed E-state index contributed by atoms with van der Waals surface area (Å²) >= 11 is 1.84. The largest absolute Gasteiger partial charge is 0.309 e. The van der Waals surface area contributed by atoms with Gasteiger partial charge < -0.3 is 4.57 Å². The van der Waals surface area contributed by atoms with Crippen LogP contribution in [-0.2, 0) is 5.41 Å². The second-order valence-electron chi connectivity index (χ2n) is 17.9. The number of rotatable bonds is 6. The Morgan fingerprint density at radius 3 is 1.80 bits per heavy atom. The van der Waals surface area contributed by atoms with E-state index >= 15 is 0 Å². The van der Waals surface area contributed by atoms with Gasteiger partial charge in [-0.1, -0.05) is 159 Å². The molecule has 3 heterocycles. The smallest absolute Gasteiger partial charge is 0.165 e. The second-order valence-corrected chi connectivity index (χ2v) is 18.9. The third-order valence-corrected chi connectivity index (χ3v) is 14.9. The number of thiophene rings is 1. The van der Waals surface area contributed by atoms with Gasteiger partial charge in [-0.3, -0.25) is 0 Å². The molecule has 0 aliphatic heterocycles. The van der Waals surface area contributed by atoms with E-state index in [0.717, 1.165) is 46.3 Å². The summed E-state index contributed by atoms with van der Waals surface area (Å²) in [6.45, 7) is 4.73. The molecular formula is C60H42N4S. The lowest BCUT2D eigenvalue weighted by molar-refractivity contribution is 0.661. The molecule has 13 rings (SSSR count). The van der Waals surface area contributed by atoms with Crippen molar-refractivity contribution in [3.63, 3.8) is 0 Å². The van der Waals surface area contributed by atoms with Crippen molar-refractivity contribution in [2.45, 2.75) is 32.1 Å². The van der Waals surface area contributed by atoms with Crippen LogP contribution in [0.5, 0.6) is 0 Å². The van der Waals surface area contributed by atoms with Gasteiger partial charge in [0.25, 0.3) is 0 Å². The van der Waals surface area contributed by atoms with E-state index in [2.05, 4.69) is 176 Å². The van der Waals surface area contributed by atoms with Gasteiger partial charge in [-0.2, -0.15) is 0 Å². The van der Waals surface area contributed by atoms with Crippen LogP contribution in [0.2, 0.25) is 0 Å². The summed E-state index contributed by atoms with van der Waals surface area (Å²) in [6.07, 6.45) is 6.88. The van der Waals surface area contributed by atoms with E-state index in [0.29, 0.717) is 17.5 Å². The second kappa shape index (κ2) is 14.7. The molecule has 11 aromatic rings. The van der Waals surface area contributed by atoms with Crippen LogP contribution in [0, 0.1) is 0 Å². The normalized spacial score (nSPS) is 13.6. The number of hydrogen-bond acceptors (Lipinski definition) is 4. The van der Waals surface area contributed by atoms with Crippen molar-refractivity contribution in [2.24, 2.45) is 0 Å². The molecule has 0 unspecified atom stereocenters. The minimum Gasteiger partial charge on any atom is -0.309 e. The van der Waals surface area contributed by atoms with Crippen LogP contribution in [0.25, 0.3) is 117 Å². The molecule has 0 saturated heterocycles. The molecule has 0 atom stereocenters. The Morgan fingerprint density at radius 2 is 1.05 bits per heavy atom. The average molecular weight is 851 g/mol. The molecule has 8 aromatic carbocycles. The molecule has 3 aromatic heterocycles. The predicted octanol–water partition coefficient (Wildman–Crippen LogP) is 14.2. The molecule has 0 radical (unpaired) electrons. The van der Waals surface area contributed by atoms with Crippen LogP contribution >= 0.6 is 11.3 Å². The topological polar surface area (TPSA) is 43.6 Å². The summed E-state index contributed by atoms with van der Waals surface area (Å²) < 4.78 is 4.98. The van der Waals surface area contributed by atoms with Crippen LogP contribution in [0.15, 0.2) is 182 Å². The SMILES string of the molecule is CC1(C)c2ccccc2-c2cc3c4ccc(-c5cccc(-c6cc(-c7nc(-c8ccccc8)nc(-c8ccccc8)n7)c7sc8c(c7c6)=CCCC=8)c5)cc4n(-c4ccccc4)c3cc21. The first-order chi connectivity index (χ1) is 32.0. The van der Waals surface area contributed by atoms with Gasteiger partial charge in [-0.05, 0) is 111 Å². The van der Waals surface area contributed by atoms with Crippen molar-refractivity contribution in [1.29, 1.82) is 0 Å². The maximum absolute atomic E-state index is 5.24. The van der Waals surface area contributed by atoms with Gasteiger partial charge >= 0.3 is 0 Å². The first-order valence-electron chi connectivity index (χ1n) is 22.5. The monoisotopic (exact) mass is 850 g/mol. The van der Waals surface area contributed by atoms with E-state index in [1.807, 2.05) is 47.7 Å². The summed E-state index contributed by atoms with van der Waals surface area (Å²) in [5, 5.41) is 5.08. The average Bonchev–Trinajstić information content (AvgIpc) is 3.98. The third-order valence-electron chi connectivity index (χ3n) is 13.7. The molecule has 0 bridgehead atoms. The first kappa shape index (κ1) is 37.8. The molecular weight excluding hydrogens is 809 g/mol.